The van der Waals surface area contributed by atoms with Crippen LogP contribution in [-0.4, -0.2) is 58.6 Å². The lowest BCUT2D eigenvalue weighted by Crippen LogP contribution is -2.44. The van der Waals surface area contributed by atoms with Gasteiger partial charge in [0.1, 0.15) is 5.78 Å². The normalized spacial score (nSPS) is 14.1. The van der Waals surface area contributed by atoms with E-state index in [1.54, 1.807) is 17.8 Å². The zero-order chi connectivity index (χ0) is 14.8. The average Bonchev–Trinajstić information content (AvgIpc) is 2.89. The van der Waals surface area contributed by atoms with Crippen molar-refractivity contribution in [2.45, 2.75) is 13.5 Å². The number of rotatable bonds is 4. The fraction of sp³-hybridized carbons (Fsp3) is 0.538. The maximum absolute atomic E-state index is 11.4. The van der Waals surface area contributed by atoms with Gasteiger partial charge in [-0.2, -0.15) is 9.97 Å². The summed E-state index contributed by atoms with van der Waals surface area (Å²) >= 11 is 0. The molecule has 0 radical (unpaired) electrons. The van der Waals surface area contributed by atoms with Crippen molar-refractivity contribution in [3.63, 3.8) is 0 Å². The van der Waals surface area contributed by atoms with Crippen LogP contribution < -0.4 is 15.0 Å². The minimum Gasteiger partial charge on any atom is -0.467 e. The van der Waals surface area contributed by atoms with Crippen molar-refractivity contribution >= 4 is 47.6 Å². The van der Waals surface area contributed by atoms with Crippen LogP contribution in [0.15, 0.2) is 6.33 Å². The van der Waals surface area contributed by atoms with Gasteiger partial charge in [-0.05, 0) is 6.92 Å². The highest BCUT2D eigenvalue weighted by atomic mass is 35.5. The second-order valence-electron chi connectivity index (χ2n) is 5.02. The molecule has 23 heavy (non-hydrogen) atoms. The molecule has 1 saturated heterocycles. The van der Waals surface area contributed by atoms with Crippen molar-refractivity contribution in [1.29, 1.82) is 0 Å². The number of nitrogens with one attached hydrogen (secondary N) is 1. The van der Waals surface area contributed by atoms with E-state index >= 15 is 0 Å². The fourth-order valence-corrected chi connectivity index (χ4v) is 2.45. The predicted molar refractivity (Wildman–Crippen MR) is 92.1 cm³/mol. The molecule has 1 aliphatic rings. The summed E-state index contributed by atoms with van der Waals surface area (Å²) in [5.41, 5.74) is 1.34. The van der Waals surface area contributed by atoms with Crippen molar-refractivity contribution in [2.75, 3.05) is 38.2 Å². The van der Waals surface area contributed by atoms with E-state index in [0.29, 0.717) is 17.2 Å². The molecule has 0 amide bonds. The molecule has 10 heteroatoms. The van der Waals surface area contributed by atoms with Crippen LogP contribution in [0.4, 0.5) is 5.82 Å². The SMILES string of the molecule is COc1nc(N2CCNCC2)c2ncn(CC(C)=O)c2n1.Cl.Cl. The highest BCUT2D eigenvalue weighted by Crippen LogP contribution is 2.25. The zero-order valence-electron chi connectivity index (χ0n) is 13.0. The first-order chi connectivity index (χ1) is 10.2. The number of ketones is 1. The summed E-state index contributed by atoms with van der Waals surface area (Å²) in [5.74, 6) is 0.816. The summed E-state index contributed by atoms with van der Waals surface area (Å²) in [7, 11) is 1.54. The average molecular weight is 363 g/mol. The van der Waals surface area contributed by atoms with Gasteiger partial charge in [-0.1, -0.05) is 0 Å². The summed E-state index contributed by atoms with van der Waals surface area (Å²) in [5, 5.41) is 3.31. The van der Waals surface area contributed by atoms with Crippen LogP contribution in [0.3, 0.4) is 0 Å². The van der Waals surface area contributed by atoms with Crippen LogP contribution in [-0.2, 0) is 11.3 Å². The van der Waals surface area contributed by atoms with Gasteiger partial charge in [0.25, 0.3) is 0 Å². The molecule has 0 unspecified atom stereocenters. The van der Waals surface area contributed by atoms with Crippen LogP contribution in [0.25, 0.3) is 11.2 Å². The Hall–Kier alpha value is -1.64. The van der Waals surface area contributed by atoms with Gasteiger partial charge in [-0.25, -0.2) is 4.98 Å². The lowest BCUT2D eigenvalue weighted by molar-refractivity contribution is -0.117. The third kappa shape index (κ3) is 4.01. The molecule has 3 heterocycles. The van der Waals surface area contributed by atoms with Gasteiger partial charge >= 0.3 is 6.01 Å². The number of methoxy groups -OCH3 is 1. The molecule has 0 atom stereocenters. The van der Waals surface area contributed by atoms with E-state index in [2.05, 4.69) is 25.2 Å². The van der Waals surface area contributed by atoms with Crippen molar-refractivity contribution in [1.82, 2.24) is 24.8 Å². The van der Waals surface area contributed by atoms with Gasteiger partial charge in [0.15, 0.2) is 17.0 Å². The maximum Gasteiger partial charge on any atom is 0.320 e. The quantitative estimate of drug-likeness (QED) is 0.855. The second-order valence-corrected chi connectivity index (χ2v) is 5.02. The number of piperazine rings is 1. The Morgan fingerprint density at radius 3 is 2.61 bits per heavy atom. The summed E-state index contributed by atoms with van der Waals surface area (Å²) < 4.78 is 6.92. The number of anilines is 1. The number of ether oxygens (including phenoxy) is 1. The maximum atomic E-state index is 11.4. The Morgan fingerprint density at radius 2 is 2.00 bits per heavy atom. The number of carbonyl (C=O) groups is 1. The van der Waals surface area contributed by atoms with E-state index < -0.39 is 0 Å². The lowest BCUT2D eigenvalue weighted by atomic mass is 10.3. The number of nitrogens with zero attached hydrogens (tertiary/aromatic N) is 5. The topological polar surface area (TPSA) is 85.2 Å². The summed E-state index contributed by atoms with van der Waals surface area (Å²) in [6, 6.07) is 0.293. The predicted octanol–water partition coefficient (Wildman–Crippen LogP) is 0.677. The molecule has 1 fully saturated rings. The first-order valence-electron chi connectivity index (χ1n) is 6.91. The van der Waals surface area contributed by atoms with E-state index in [1.165, 1.54) is 7.11 Å². The van der Waals surface area contributed by atoms with Gasteiger partial charge in [-0.3, -0.25) is 4.79 Å². The molecule has 2 aromatic heterocycles. The van der Waals surface area contributed by atoms with Crippen molar-refractivity contribution in [2.24, 2.45) is 0 Å². The summed E-state index contributed by atoms with van der Waals surface area (Å²) in [6.45, 7) is 5.31. The largest absolute Gasteiger partial charge is 0.467 e. The Bertz CT molecular complexity index is 672. The van der Waals surface area contributed by atoms with Crippen LogP contribution in [0.2, 0.25) is 0 Å². The van der Waals surface area contributed by atoms with E-state index in [-0.39, 0.29) is 37.1 Å². The van der Waals surface area contributed by atoms with Crippen LogP contribution in [0.1, 0.15) is 6.92 Å². The van der Waals surface area contributed by atoms with E-state index in [1.807, 2.05) is 0 Å². The van der Waals surface area contributed by atoms with Gasteiger partial charge in [0, 0.05) is 26.2 Å². The van der Waals surface area contributed by atoms with E-state index in [0.717, 1.165) is 32.0 Å². The summed E-state index contributed by atoms with van der Waals surface area (Å²) in [6.07, 6.45) is 1.63. The number of carbonyl (C=O) groups excluding carboxylic acids is 1. The molecule has 8 nitrogen and oxygen atoms in total. The fourth-order valence-electron chi connectivity index (χ4n) is 2.45. The lowest BCUT2D eigenvalue weighted by Gasteiger charge is -2.28. The number of halogens is 2. The van der Waals surface area contributed by atoms with Crippen LogP contribution >= 0.6 is 24.8 Å². The molecule has 0 saturated carbocycles. The molecule has 128 valence electrons. The van der Waals surface area contributed by atoms with Crippen molar-refractivity contribution in [3.8, 4) is 6.01 Å². The molecular formula is C13H20Cl2N6O2. The molecule has 0 aliphatic carbocycles. The first kappa shape index (κ1) is 19.4. The van der Waals surface area contributed by atoms with E-state index in [9.17, 15) is 4.79 Å². The van der Waals surface area contributed by atoms with Crippen LogP contribution in [0, 0.1) is 0 Å². The number of hydrogen-bond donors (Lipinski definition) is 1. The van der Waals surface area contributed by atoms with E-state index in [4.69, 9.17) is 4.74 Å². The molecule has 2 aromatic rings. The van der Waals surface area contributed by atoms with Gasteiger partial charge in [0.2, 0.25) is 0 Å². The van der Waals surface area contributed by atoms with Crippen molar-refractivity contribution < 1.29 is 9.53 Å². The minimum atomic E-state index is 0. The smallest absolute Gasteiger partial charge is 0.320 e. The number of aromatic nitrogens is 4. The molecular weight excluding hydrogens is 343 g/mol. The summed E-state index contributed by atoms with van der Waals surface area (Å²) in [4.78, 5) is 26.7. The molecule has 3 rings (SSSR count). The van der Waals surface area contributed by atoms with Crippen molar-refractivity contribution in [3.05, 3.63) is 6.33 Å². The molecule has 0 aromatic carbocycles. The highest BCUT2D eigenvalue weighted by Gasteiger charge is 2.20. The number of fused-ring (bicyclic) bond motifs is 1. The Kier molecular flexibility index (Phi) is 6.99. The first-order valence-corrected chi connectivity index (χ1v) is 6.91. The standard InChI is InChI=1S/C13H18N6O2.2ClH/c1-9(20)7-19-8-15-10-11(18-5-3-14-4-6-18)16-13(21-2)17-12(10)19;;/h8,14H,3-7H2,1-2H3;2*1H. The molecule has 0 bridgehead atoms. The van der Waals surface area contributed by atoms with Gasteiger partial charge in [-0.15, -0.1) is 24.8 Å². The number of imidazole rings is 1. The highest BCUT2D eigenvalue weighted by molar-refractivity contribution is 5.86. The Labute approximate surface area is 146 Å². The zero-order valence-corrected chi connectivity index (χ0v) is 14.6. The monoisotopic (exact) mass is 362 g/mol. The molecule has 0 spiro atoms. The minimum absolute atomic E-state index is 0. The van der Waals surface area contributed by atoms with Crippen LogP contribution in [0.5, 0.6) is 6.01 Å². The number of Topliss-reactive ketones (excluding diaryl/α,β-unsaturated/α-hetero) is 1. The molecule has 1 N–H and O–H groups in total. The third-order valence-electron chi connectivity index (χ3n) is 3.42. The van der Waals surface area contributed by atoms with Gasteiger partial charge in [0.05, 0.1) is 20.0 Å². The Balaban J connectivity index is 0.00000132. The molecule has 1 aliphatic heterocycles. The third-order valence-corrected chi connectivity index (χ3v) is 3.42. The Morgan fingerprint density at radius 1 is 1.30 bits per heavy atom. The number of hydrogen-bond acceptors (Lipinski definition) is 7. The van der Waals surface area contributed by atoms with Gasteiger partial charge < -0.3 is 19.5 Å². The second kappa shape index (κ2) is 8.28.